The van der Waals surface area contributed by atoms with Crippen LogP contribution in [-0.2, 0) is 9.53 Å². The molecule has 0 amide bonds. The molecule has 1 N–H and O–H groups in total. The Morgan fingerprint density at radius 3 is 2.44 bits per heavy atom. The zero-order valence-corrected chi connectivity index (χ0v) is 9.60. The number of likely N-dealkylation sites (N-methyl/N-ethyl adjacent to an activating group) is 2. The van der Waals surface area contributed by atoms with Gasteiger partial charge >= 0.3 is 12.1 Å². The highest BCUT2D eigenvalue weighted by atomic mass is 19.4. The fraction of sp³-hybridized carbons (Fsp3) is 0.889. The Balaban J connectivity index is 4.01. The first-order chi connectivity index (χ1) is 7.30. The summed E-state index contributed by atoms with van der Waals surface area (Å²) in [5, 5.41) is 2.68. The number of nitrogens with one attached hydrogen (secondary N) is 1. The number of carbonyl (C=O) groups excluding carboxylic acids is 1. The summed E-state index contributed by atoms with van der Waals surface area (Å²) in [5.41, 5.74) is 0. The van der Waals surface area contributed by atoms with Crippen molar-refractivity contribution in [3.05, 3.63) is 0 Å². The summed E-state index contributed by atoms with van der Waals surface area (Å²) in [7, 11) is 4.32. The Bertz CT molecular complexity index is 221. The van der Waals surface area contributed by atoms with E-state index >= 15 is 0 Å². The molecule has 0 aliphatic carbocycles. The van der Waals surface area contributed by atoms with Gasteiger partial charge in [-0.05, 0) is 14.1 Å². The molecular formula is C9H17F3N2O2. The van der Waals surface area contributed by atoms with Crippen LogP contribution in [0.4, 0.5) is 13.2 Å². The van der Waals surface area contributed by atoms with Crippen molar-refractivity contribution in [1.82, 2.24) is 10.2 Å². The van der Waals surface area contributed by atoms with Crippen molar-refractivity contribution >= 4 is 5.97 Å². The minimum Gasteiger partial charge on any atom is -0.468 e. The first kappa shape index (κ1) is 15.2. The van der Waals surface area contributed by atoms with Crippen molar-refractivity contribution in [2.24, 2.45) is 0 Å². The second kappa shape index (κ2) is 6.70. The molecule has 7 heteroatoms. The number of ether oxygens (including phenoxy) is 1. The van der Waals surface area contributed by atoms with Crippen LogP contribution in [0.3, 0.4) is 0 Å². The first-order valence-electron chi connectivity index (χ1n) is 4.80. The van der Waals surface area contributed by atoms with Crippen LogP contribution in [0.15, 0.2) is 0 Å². The van der Waals surface area contributed by atoms with E-state index < -0.39 is 24.6 Å². The van der Waals surface area contributed by atoms with Crippen molar-refractivity contribution in [3.63, 3.8) is 0 Å². The summed E-state index contributed by atoms with van der Waals surface area (Å²) in [5.74, 6) is -0.485. The molecule has 0 bridgehead atoms. The van der Waals surface area contributed by atoms with E-state index in [1.165, 1.54) is 19.1 Å². The molecule has 0 aromatic heterocycles. The van der Waals surface area contributed by atoms with Crippen LogP contribution in [-0.4, -0.2) is 57.4 Å². The van der Waals surface area contributed by atoms with Crippen LogP contribution < -0.4 is 5.32 Å². The second-order valence-electron chi connectivity index (χ2n) is 3.49. The van der Waals surface area contributed by atoms with Gasteiger partial charge in [0.05, 0.1) is 13.5 Å². The van der Waals surface area contributed by atoms with Crippen LogP contribution in [0.25, 0.3) is 0 Å². The summed E-state index contributed by atoms with van der Waals surface area (Å²) < 4.78 is 40.3. The standard InChI is InChI=1S/C9H17F3N2O2/c1-13-7(8(15)16-3)6-14(2)5-4-9(10,11)12/h7,13H,4-6H2,1-3H3. The van der Waals surface area contributed by atoms with Crippen LogP contribution in [0.1, 0.15) is 6.42 Å². The molecule has 0 spiro atoms. The normalized spacial score (nSPS) is 13.9. The quantitative estimate of drug-likeness (QED) is 0.694. The summed E-state index contributed by atoms with van der Waals surface area (Å²) in [6.45, 7) is 0.0396. The van der Waals surface area contributed by atoms with Gasteiger partial charge in [0.2, 0.25) is 0 Å². The molecule has 1 atom stereocenters. The number of nitrogens with zero attached hydrogens (tertiary/aromatic N) is 1. The van der Waals surface area contributed by atoms with E-state index in [4.69, 9.17) is 0 Å². The summed E-state index contributed by atoms with van der Waals surface area (Å²) in [4.78, 5) is 12.6. The predicted octanol–water partition coefficient (Wildman–Crippen LogP) is 0.632. The molecule has 0 aliphatic rings. The van der Waals surface area contributed by atoms with Crippen molar-refractivity contribution in [2.75, 3.05) is 34.3 Å². The molecule has 0 aromatic carbocycles. The van der Waals surface area contributed by atoms with Crippen molar-refractivity contribution in [3.8, 4) is 0 Å². The van der Waals surface area contributed by atoms with Crippen LogP contribution >= 0.6 is 0 Å². The molecule has 0 aliphatic heterocycles. The Morgan fingerprint density at radius 1 is 1.50 bits per heavy atom. The van der Waals surface area contributed by atoms with Gasteiger partial charge in [0.15, 0.2) is 0 Å². The fourth-order valence-electron chi connectivity index (χ4n) is 1.15. The van der Waals surface area contributed by atoms with E-state index in [0.717, 1.165) is 0 Å². The van der Waals surface area contributed by atoms with Gasteiger partial charge in [-0.2, -0.15) is 13.2 Å². The smallest absolute Gasteiger partial charge is 0.390 e. The first-order valence-corrected chi connectivity index (χ1v) is 4.80. The lowest BCUT2D eigenvalue weighted by Crippen LogP contribution is -2.44. The highest BCUT2D eigenvalue weighted by Gasteiger charge is 2.28. The summed E-state index contributed by atoms with van der Waals surface area (Å²) in [6.07, 6.45) is -5.06. The molecule has 0 fully saturated rings. The maximum atomic E-state index is 11.9. The molecule has 16 heavy (non-hydrogen) atoms. The molecule has 0 saturated heterocycles. The van der Waals surface area contributed by atoms with Crippen molar-refractivity contribution < 1.29 is 22.7 Å². The second-order valence-corrected chi connectivity index (χ2v) is 3.49. The average molecular weight is 242 g/mol. The Morgan fingerprint density at radius 2 is 2.06 bits per heavy atom. The van der Waals surface area contributed by atoms with Gasteiger partial charge in [0.1, 0.15) is 6.04 Å². The van der Waals surface area contributed by atoms with Gasteiger partial charge in [-0.1, -0.05) is 0 Å². The Kier molecular flexibility index (Phi) is 6.35. The van der Waals surface area contributed by atoms with Crippen LogP contribution in [0, 0.1) is 0 Å². The SMILES string of the molecule is CNC(CN(C)CCC(F)(F)F)C(=O)OC. The highest BCUT2D eigenvalue weighted by Crippen LogP contribution is 2.19. The lowest BCUT2D eigenvalue weighted by atomic mass is 10.2. The monoisotopic (exact) mass is 242 g/mol. The number of esters is 1. The minimum atomic E-state index is -4.17. The van der Waals surface area contributed by atoms with Gasteiger partial charge < -0.3 is 15.0 Å². The maximum Gasteiger partial charge on any atom is 0.390 e. The largest absolute Gasteiger partial charge is 0.468 e. The van der Waals surface area contributed by atoms with E-state index in [1.54, 1.807) is 7.05 Å². The summed E-state index contributed by atoms with van der Waals surface area (Å²) in [6, 6.07) is -0.608. The lowest BCUT2D eigenvalue weighted by molar-refractivity contribution is -0.144. The van der Waals surface area contributed by atoms with E-state index in [-0.39, 0.29) is 13.1 Å². The van der Waals surface area contributed by atoms with Crippen molar-refractivity contribution in [2.45, 2.75) is 18.6 Å². The molecular weight excluding hydrogens is 225 g/mol. The fourth-order valence-corrected chi connectivity index (χ4v) is 1.15. The number of carbonyl (C=O) groups is 1. The van der Waals surface area contributed by atoms with Gasteiger partial charge in [-0.3, -0.25) is 4.79 Å². The molecule has 0 radical (unpaired) electrons. The topological polar surface area (TPSA) is 41.6 Å². The third-order valence-corrected chi connectivity index (χ3v) is 2.11. The van der Waals surface area contributed by atoms with Crippen LogP contribution in [0.5, 0.6) is 0 Å². The molecule has 0 heterocycles. The molecule has 1 unspecified atom stereocenters. The average Bonchev–Trinajstić information content (AvgIpc) is 2.21. The molecule has 96 valence electrons. The summed E-state index contributed by atoms with van der Waals surface area (Å²) >= 11 is 0. The highest BCUT2D eigenvalue weighted by molar-refractivity contribution is 5.75. The predicted molar refractivity (Wildman–Crippen MR) is 53.0 cm³/mol. The minimum absolute atomic E-state index is 0.140. The van der Waals surface area contributed by atoms with Gasteiger partial charge in [0, 0.05) is 13.1 Å². The van der Waals surface area contributed by atoms with Gasteiger partial charge in [0.25, 0.3) is 0 Å². The number of alkyl halides is 3. The molecule has 0 saturated carbocycles. The number of hydrogen-bond donors (Lipinski definition) is 1. The van der Waals surface area contributed by atoms with E-state index in [9.17, 15) is 18.0 Å². The third-order valence-electron chi connectivity index (χ3n) is 2.11. The number of hydrogen-bond acceptors (Lipinski definition) is 4. The van der Waals surface area contributed by atoms with E-state index in [2.05, 4.69) is 10.1 Å². The Labute approximate surface area is 92.7 Å². The lowest BCUT2D eigenvalue weighted by Gasteiger charge is -2.22. The maximum absolute atomic E-state index is 11.9. The van der Waals surface area contributed by atoms with Gasteiger partial charge in [-0.25, -0.2) is 0 Å². The van der Waals surface area contributed by atoms with Crippen LogP contribution in [0.2, 0.25) is 0 Å². The zero-order chi connectivity index (χ0) is 12.8. The van der Waals surface area contributed by atoms with E-state index in [0.29, 0.717) is 0 Å². The van der Waals surface area contributed by atoms with E-state index in [1.807, 2.05) is 0 Å². The Hall–Kier alpha value is -0.820. The number of methoxy groups -OCH3 is 1. The number of halogens is 3. The van der Waals surface area contributed by atoms with Gasteiger partial charge in [-0.15, -0.1) is 0 Å². The van der Waals surface area contributed by atoms with Crippen molar-refractivity contribution in [1.29, 1.82) is 0 Å². The molecule has 0 aromatic rings. The third kappa shape index (κ3) is 6.62. The molecule has 0 rings (SSSR count). The zero-order valence-electron chi connectivity index (χ0n) is 9.60. The molecule has 4 nitrogen and oxygen atoms in total. The number of rotatable bonds is 6.